The van der Waals surface area contributed by atoms with Gasteiger partial charge in [0.2, 0.25) is 0 Å². The van der Waals surface area contributed by atoms with Gasteiger partial charge in [-0.25, -0.2) is 0 Å². The van der Waals surface area contributed by atoms with Crippen LogP contribution in [-0.2, 0) is 0 Å². The van der Waals surface area contributed by atoms with Crippen LogP contribution in [0.2, 0.25) is 0 Å². The summed E-state index contributed by atoms with van der Waals surface area (Å²) in [7, 11) is 0. The van der Waals surface area contributed by atoms with Crippen molar-refractivity contribution in [3.8, 4) is 11.5 Å². The third kappa shape index (κ3) is 5.06. The molecule has 1 aromatic rings. The number of allylic oxidation sites excluding steroid dienone is 1. The normalized spacial score (nSPS) is 19.9. The molecule has 2 aliphatic rings. The fourth-order valence-corrected chi connectivity index (χ4v) is 3.35. The average molecular weight is 375 g/mol. The summed E-state index contributed by atoms with van der Waals surface area (Å²) < 4.78 is 35.6. The highest BCUT2D eigenvalue weighted by molar-refractivity contribution is 5.85. The lowest BCUT2D eigenvalue weighted by atomic mass is 9.97. The number of hydrogen-bond acceptors (Lipinski definition) is 4. The maximum Gasteiger partial charge on any atom is 0.586 e. The number of rotatable bonds is 7. The zero-order valence-corrected chi connectivity index (χ0v) is 15.0. The quantitative estimate of drug-likeness (QED) is 0.575. The SMILES string of the molecule is C=CCCCC[C@@H](c1ccc2c(c1)OC(F)(F)O2)N1CCNCC1.Cl. The fraction of sp³-hybridized carbons (Fsp3) is 0.556. The highest BCUT2D eigenvalue weighted by Crippen LogP contribution is 2.43. The molecule has 25 heavy (non-hydrogen) atoms. The van der Waals surface area contributed by atoms with Gasteiger partial charge in [0.05, 0.1) is 0 Å². The van der Waals surface area contributed by atoms with Gasteiger partial charge in [-0.05, 0) is 37.0 Å². The Hall–Kier alpha value is -1.37. The van der Waals surface area contributed by atoms with Crippen molar-refractivity contribution in [1.82, 2.24) is 10.2 Å². The van der Waals surface area contributed by atoms with E-state index in [1.807, 2.05) is 12.1 Å². The third-order valence-electron chi connectivity index (χ3n) is 4.54. The number of hydrogen-bond donors (Lipinski definition) is 1. The number of benzene rings is 1. The molecule has 0 saturated carbocycles. The summed E-state index contributed by atoms with van der Waals surface area (Å²) in [6.07, 6.45) is 2.53. The van der Waals surface area contributed by atoms with Gasteiger partial charge >= 0.3 is 6.29 Å². The van der Waals surface area contributed by atoms with Crippen molar-refractivity contribution in [3.63, 3.8) is 0 Å². The highest BCUT2D eigenvalue weighted by atomic mass is 35.5. The van der Waals surface area contributed by atoms with Crippen LogP contribution in [0.1, 0.15) is 37.3 Å². The van der Waals surface area contributed by atoms with Crippen molar-refractivity contribution in [2.75, 3.05) is 26.2 Å². The van der Waals surface area contributed by atoms with Crippen LogP contribution >= 0.6 is 12.4 Å². The van der Waals surface area contributed by atoms with Gasteiger partial charge < -0.3 is 14.8 Å². The molecule has 0 amide bonds. The first kappa shape index (κ1) is 19.9. The maximum absolute atomic E-state index is 13.2. The molecule has 0 unspecified atom stereocenters. The lowest BCUT2D eigenvalue weighted by molar-refractivity contribution is -0.286. The molecule has 0 radical (unpaired) electrons. The Morgan fingerprint density at radius 3 is 2.64 bits per heavy atom. The van der Waals surface area contributed by atoms with Crippen LogP contribution in [0.5, 0.6) is 11.5 Å². The Balaban J connectivity index is 0.00000225. The molecular weight excluding hydrogens is 350 g/mol. The number of nitrogens with one attached hydrogen (secondary N) is 1. The number of nitrogens with zero attached hydrogens (tertiary/aromatic N) is 1. The molecule has 1 N–H and O–H groups in total. The Labute approximate surface area is 153 Å². The van der Waals surface area contributed by atoms with Gasteiger partial charge in [-0.2, -0.15) is 0 Å². The molecule has 0 aliphatic carbocycles. The van der Waals surface area contributed by atoms with E-state index in [1.54, 1.807) is 12.1 Å². The van der Waals surface area contributed by atoms with E-state index in [4.69, 9.17) is 0 Å². The minimum Gasteiger partial charge on any atom is -0.395 e. The van der Waals surface area contributed by atoms with E-state index in [-0.39, 0.29) is 29.9 Å². The van der Waals surface area contributed by atoms with Crippen LogP contribution in [0.15, 0.2) is 30.9 Å². The van der Waals surface area contributed by atoms with Crippen molar-refractivity contribution in [2.24, 2.45) is 0 Å². The van der Waals surface area contributed by atoms with Crippen LogP contribution in [0, 0.1) is 0 Å². The van der Waals surface area contributed by atoms with E-state index in [0.717, 1.165) is 57.4 Å². The van der Waals surface area contributed by atoms with E-state index < -0.39 is 6.29 Å². The van der Waals surface area contributed by atoms with Crippen LogP contribution < -0.4 is 14.8 Å². The predicted octanol–water partition coefficient (Wildman–Crippen LogP) is 4.12. The first-order valence-electron chi connectivity index (χ1n) is 8.54. The molecule has 2 heterocycles. The summed E-state index contributed by atoms with van der Waals surface area (Å²) in [5.74, 6) is 0.234. The van der Waals surface area contributed by atoms with Crippen molar-refractivity contribution >= 4 is 12.4 Å². The topological polar surface area (TPSA) is 33.7 Å². The monoisotopic (exact) mass is 374 g/mol. The third-order valence-corrected chi connectivity index (χ3v) is 4.54. The first-order valence-corrected chi connectivity index (χ1v) is 8.54. The number of ether oxygens (including phenoxy) is 2. The number of fused-ring (bicyclic) bond motifs is 1. The summed E-state index contributed by atoms with van der Waals surface area (Å²) in [5, 5.41) is 3.35. The average Bonchev–Trinajstić information content (AvgIpc) is 2.88. The van der Waals surface area contributed by atoms with Crippen molar-refractivity contribution in [1.29, 1.82) is 0 Å². The second kappa shape index (κ2) is 8.83. The van der Waals surface area contributed by atoms with Gasteiger partial charge in [-0.15, -0.1) is 27.8 Å². The lowest BCUT2D eigenvalue weighted by Gasteiger charge is -2.35. The van der Waals surface area contributed by atoms with E-state index in [9.17, 15) is 8.78 Å². The molecular formula is C18H25ClF2N2O2. The number of alkyl halides is 2. The summed E-state index contributed by atoms with van der Waals surface area (Å²) in [4.78, 5) is 2.42. The zero-order chi connectivity index (χ0) is 17.0. The second-order valence-electron chi connectivity index (χ2n) is 6.25. The van der Waals surface area contributed by atoms with E-state index in [0.29, 0.717) is 0 Å². The summed E-state index contributed by atoms with van der Waals surface area (Å²) >= 11 is 0. The van der Waals surface area contributed by atoms with E-state index in [2.05, 4.69) is 26.3 Å². The standard InChI is InChI=1S/C18H24F2N2O2.ClH/c1-2-3-4-5-6-15(22-11-9-21-10-12-22)14-7-8-16-17(13-14)24-18(19,20)23-16;/h2,7-8,13,15,21H,1,3-6,9-12H2;1H/t15-;/m0./s1. The fourth-order valence-electron chi connectivity index (χ4n) is 3.35. The molecule has 3 rings (SSSR count). The van der Waals surface area contributed by atoms with Crippen molar-refractivity contribution in [3.05, 3.63) is 36.4 Å². The van der Waals surface area contributed by atoms with E-state index >= 15 is 0 Å². The Bertz CT molecular complexity index is 580. The number of halogens is 3. The molecule has 1 fully saturated rings. The molecule has 7 heteroatoms. The van der Waals surface area contributed by atoms with Crippen LogP contribution in [-0.4, -0.2) is 37.4 Å². The Morgan fingerprint density at radius 1 is 1.20 bits per heavy atom. The van der Waals surface area contributed by atoms with Gasteiger partial charge in [0.1, 0.15) is 0 Å². The minimum absolute atomic E-state index is 0. The van der Waals surface area contributed by atoms with Gasteiger partial charge in [0, 0.05) is 32.2 Å². The second-order valence-corrected chi connectivity index (χ2v) is 6.25. The molecule has 0 bridgehead atoms. The van der Waals surface area contributed by atoms with Crippen LogP contribution in [0.25, 0.3) is 0 Å². The van der Waals surface area contributed by atoms with Gasteiger partial charge in [0.15, 0.2) is 11.5 Å². The summed E-state index contributed by atoms with van der Waals surface area (Å²) in [6, 6.07) is 5.38. The lowest BCUT2D eigenvalue weighted by Crippen LogP contribution is -2.45. The Kier molecular flexibility index (Phi) is 7.04. The van der Waals surface area contributed by atoms with E-state index in [1.165, 1.54) is 0 Å². The molecule has 0 spiro atoms. The Morgan fingerprint density at radius 2 is 1.92 bits per heavy atom. The molecule has 1 aromatic carbocycles. The van der Waals surface area contributed by atoms with Crippen molar-refractivity contribution < 1.29 is 18.3 Å². The van der Waals surface area contributed by atoms with Crippen molar-refractivity contribution in [2.45, 2.75) is 38.0 Å². The molecule has 4 nitrogen and oxygen atoms in total. The van der Waals surface area contributed by atoms with Crippen LogP contribution in [0.4, 0.5) is 8.78 Å². The molecule has 2 aliphatic heterocycles. The highest BCUT2D eigenvalue weighted by Gasteiger charge is 2.43. The summed E-state index contributed by atoms with van der Waals surface area (Å²) in [6.45, 7) is 7.57. The van der Waals surface area contributed by atoms with Gasteiger partial charge in [-0.1, -0.05) is 18.6 Å². The van der Waals surface area contributed by atoms with Crippen LogP contribution in [0.3, 0.4) is 0 Å². The number of piperazine rings is 1. The molecule has 0 aromatic heterocycles. The largest absolute Gasteiger partial charge is 0.586 e. The predicted molar refractivity (Wildman–Crippen MR) is 95.7 cm³/mol. The first-order chi connectivity index (χ1) is 11.6. The van der Waals surface area contributed by atoms with Gasteiger partial charge in [0.25, 0.3) is 0 Å². The molecule has 1 saturated heterocycles. The van der Waals surface area contributed by atoms with Gasteiger partial charge in [-0.3, -0.25) is 4.90 Å². The maximum atomic E-state index is 13.2. The number of unbranched alkanes of at least 4 members (excludes halogenated alkanes) is 2. The minimum atomic E-state index is -3.56. The molecule has 1 atom stereocenters. The smallest absolute Gasteiger partial charge is 0.395 e. The summed E-state index contributed by atoms with van der Waals surface area (Å²) in [5.41, 5.74) is 1.01. The molecule has 140 valence electrons. The zero-order valence-electron chi connectivity index (χ0n) is 14.2.